The number of nitrogens with two attached hydrogens (primary N) is 1. The Kier molecular flexibility index (Phi) is 25.9. The van der Waals surface area contributed by atoms with Gasteiger partial charge in [0.25, 0.3) is 0 Å². The summed E-state index contributed by atoms with van der Waals surface area (Å²) in [6.07, 6.45) is 9.29. The van der Waals surface area contributed by atoms with Crippen molar-refractivity contribution in [2.45, 2.75) is 148 Å². The van der Waals surface area contributed by atoms with Crippen molar-refractivity contribution in [1.82, 2.24) is 21.3 Å². The van der Waals surface area contributed by atoms with Crippen LogP contribution in [0.4, 0.5) is 4.79 Å². The number of carboxylic acid groups (broad SMARTS) is 2. The number of primary amides is 1. The number of alkyl carbamates (subject to hydrolysis) is 1. The lowest BCUT2D eigenvalue weighted by Crippen LogP contribution is -2.55. The molecule has 1 rings (SSSR count). The normalized spacial score (nSPS) is 13.1. The Morgan fingerprint density at radius 2 is 1.40 bits per heavy atom. The zero-order chi connectivity index (χ0) is 43.3. The quantitative estimate of drug-likeness (QED) is 0.0318. The fourth-order valence-electron chi connectivity index (χ4n) is 5.74. The topological polar surface area (TPSA) is 270 Å². The number of aliphatic carboxylic acids is 2. The molecule has 1 aromatic rings. The van der Waals surface area contributed by atoms with Gasteiger partial charge in [-0.25, -0.2) is 9.59 Å². The average molecular weight is 818 g/mol. The number of nitrogens with one attached hydrogen (secondary N) is 4. The van der Waals surface area contributed by atoms with Crippen molar-refractivity contribution in [2.75, 3.05) is 6.54 Å². The van der Waals surface area contributed by atoms with Gasteiger partial charge in [0, 0.05) is 13.0 Å². The summed E-state index contributed by atoms with van der Waals surface area (Å²) in [5.41, 5.74) is 5.85. The Hall–Kier alpha value is -5.48. The number of hydrogen-bond donors (Lipinski definition) is 7. The zero-order valence-electron chi connectivity index (χ0n) is 34.0. The lowest BCUT2D eigenvalue weighted by Gasteiger charge is -2.24. The molecule has 0 aliphatic rings. The van der Waals surface area contributed by atoms with Crippen molar-refractivity contribution < 1.29 is 58.0 Å². The van der Waals surface area contributed by atoms with Gasteiger partial charge in [0.1, 0.15) is 30.8 Å². The SMILES string of the molecule is CCCCCCCCCCCC(CC(=O)NC(CCC(N)=O)C(=O)O)OC(=O)C/C=C/CNC(=O)C(CC(=O)O)NC(=O)C(NC(=O)OCc1ccccc1)C(C)C. The number of rotatable bonds is 31. The monoisotopic (exact) mass is 817 g/mol. The van der Waals surface area contributed by atoms with Crippen LogP contribution in [0.15, 0.2) is 42.5 Å². The van der Waals surface area contributed by atoms with Crippen molar-refractivity contribution in [3.63, 3.8) is 0 Å². The summed E-state index contributed by atoms with van der Waals surface area (Å²) >= 11 is 0. The fraction of sp³-hybridized carbons (Fsp3) is 0.610. The highest BCUT2D eigenvalue weighted by atomic mass is 16.6. The van der Waals surface area contributed by atoms with Crippen molar-refractivity contribution in [1.29, 1.82) is 0 Å². The number of carbonyl (C=O) groups excluding carboxylic acids is 6. The molecule has 0 bridgehead atoms. The molecule has 17 heteroatoms. The van der Waals surface area contributed by atoms with Gasteiger partial charge < -0.3 is 46.7 Å². The van der Waals surface area contributed by atoms with Gasteiger partial charge in [-0.2, -0.15) is 0 Å². The standard InChI is InChI=1S/C41H63N5O12/c1-4-5-6-7-8-9-10-11-15-20-30(25-34(48)44-31(40(54)55)22-23-33(42)47)58-36(51)21-16-17-24-43-38(52)32(26-35(49)50)45-39(53)37(28(2)3)46-41(56)57-27-29-18-13-12-14-19-29/h12-14,16-19,28,30-32,37H,4-11,15,20-27H2,1-3H3,(H2,42,47)(H,43,52)(H,44,48)(H,45,53)(H,46,56)(H,49,50)(H,54,55)/b17-16+. The van der Waals surface area contributed by atoms with E-state index in [1.165, 1.54) is 37.8 Å². The number of ether oxygens (including phenoxy) is 2. The van der Waals surface area contributed by atoms with E-state index in [2.05, 4.69) is 28.2 Å². The molecule has 0 aliphatic heterocycles. The van der Waals surface area contributed by atoms with Crippen molar-refractivity contribution >= 4 is 47.6 Å². The molecular formula is C41H63N5O12. The van der Waals surface area contributed by atoms with Gasteiger partial charge in [0.2, 0.25) is 23.6 Å². The maximum absolute atomic E-state index is 13.1. The maximum Gasteiger partial charge on any atom is 0.408 e. The average Bonchev–Trinajstić information content (AvgIpc) is 3.16. The highest BCUT2D eigenvalue weighted by molar-refractivity contribution is 5.93. The highest BCUT2D eigenvalue weighted by Crippen LogP contribution is 2.16. The molecule has 0 aromatic heterocycles. The van der Waals surface area contributed by atoms with Gasteiger partial charge in [-0.1, -0.05) is 115 Å². The van der Waals surface area contributed by atoms with E-state index in [4.69, 9.17) is 15.2 Å². The molecule has 58 heavy (non-hydrogen) atoms. The predicted octanol–water partition coefficient (Wildman–Crippen LogP) is 4.02. The Balaban J connectivity index is 2.76. The predicted molar refractivity (Wildman–Crippen MR) is 214 cm³/mol. The van der Waals surface area contributed by atoms with Crippen LogP contribution in [-0.4, -0.2) is 88.6 Å². The molecular weight excluding hydrogens is 754 g/mol. The number of carboxylic acids is 2. The summed E-state index contributed by atoms with van der Waals surface area (Å²) in [5, 5.41) is 28.6. The van der Waals surface area contributed by atoms with Crippen molar-refractivity contribution in [3.05, 3.63) is 48.0 Å². The number of carbonyl (C=O) groups is 8. The van der Waals surface area contributed by atoms with E-state index in [9.17, 15) is 48.6 Å². The van der Waals surface area contributed by atoms with E-state index in [1.54, 1.807) is 38.1 Å². The molecule has 0 saturated carbocycles. The van der Waals surface area contributed by atoms with Gasteiger partial charge >= 0.3 is 24.0 Å². The minimum Gasteiger partial charge on any atom is -0.481 e. The molecule has 4 atom stereocenters. The molecule has 0 aliphatic carbocycles. The maximum atomic E-state index is 13.1. The second-order valence-corrected chi connectivity index (χ2v) is 14.4. The summed E-state index contributed by atoms with van der Waals surface area (Å²) in [4.78, 5) is 98.3. The highest BCUT2D eigenvalue weighted by Gasteiger charge is 2.30. The second kappa shape index (κ2) is 29.7. The van der Waals surface area contributed by atoms with Gasteiger partial charge in [-0.3, -0.25) is 28.8 Å². The van der Waals surface area contributed by atoms with Crippen LogP contribution in [0.5, 0.6) is 0 Å². The van der Waals surface area contributed by atoms with Crippen LogP contribution in [0.3, 0.4) is 0 Å². The Morgan fingerprint density at radius 1 is 0.759 bits per heavy atom. The third-order valence-corrected chi connectivity index (χ3v) is 8.95. The lowest BCUT2D eigenvalue weighted by molar-refractivity contribution is -0.151. The van der Waals surface area contributed by atoms with E-state index < -0.39 is 84.2 Å². The summed E-state index contributed by atoms with van der Waals surface area (Å²) in [7, 11) is 0. The third kappa shape index (κ3) is 24.2. The van der Waals surface area contributed by atoms with Crippen LogP contribution in [0, 0.1) is 5.92 Å². The summed E-state index contributed by atoms with van der Waals surface area (Å²) < 4.78 is 10.8. The van der Waals surface area contributed by atoms with E-state index in [-0.39, 0.29) is 38.8 Å². The number of hydrogen-bond acceptors (Lipinski definition) is 10. The molecule has 0 radical (unpaired) electrons. The lowest BCUT2D eigenvalue weighted by atomic mass is 10.0. The Bertz CT molecular complexity index is 1490. The summed E-state index contributed by atoms with van der Waals surface area (Å²) in [6, 6.07) is 4.91. The smallest absolute Gasteiger partial charge is 0.408 e. The first-order valence-corrected chi connectivity index (χ1v) is 20.0. The summed E-state index contributed by atoms with van der Waals surface area (Å²) in [5.74, 6) is -6.79. The Labute approximate surface area is 340 Å². The minimum atomic E-state index is -1.49. The van der Waals surface area contributed by atoms with E-state index in [0.29, 0.717) is 12.8 Å². The molecule has 0 saturated heterocycles. The van der Waals surface area contributed by atoms with Gasteiger partial charge in [0.15, 0.2) is 0 Å². The van der Waals surface area contributed by atoms with Crippen LogP contribution in [0.1, 0.15) is 123 Å². The van der Waals surface area contributed by atoms with Gasteiger partial charge in [-0.15, -0.1) is 0 Å². The Morgan fingerprint density at radius 3 is 1.98 bits per heavy atom. The third-order valence-electron chi connectivity index (χ3n) is 8.95. The number of esters is 1. The van der Waals surface area contributed by atoms with Crippen molar-refractivity contribution in [2.24, 2.45) is 11.7 Å². The van der Waals surface area contributed by atoms with Crippen LogP contribution >= 0.6 is 0 Å². The van der Waals surface area contributed by atoms with Crippen LogP contribution in [-0.2, 0) is 49.6 Å². The zero-order valence-corrected chi connectivity index (χ0v) is 34.0. The molecule has 17 nitrogen and oxygen atoms in total. The second-order valence-electron chi connectivity index (χ2n) is 14.4. The minimum absolute atomic E-state index is 0.0404. The van der Waals surface area contributed by atoms with Gasteiger partial charge in [0.05, 0.1) is 19.3 Å². The first-order chi connectivity index (χ1) is 27.6. The molecule has 5 amide bonds. The first-order valence-electron chi connectivity index (χ1n) is 20.0. The van der Waals surface area contributed by atoms with E-state index in [0.717, 1.165) is 31.2 Å². The largest absolute Gasteiger partial charge is 0.481 e. The molecule has 0 heterocycles. The molecule has 0 fully saturated rings. The number of benzene rings is 1. The fourth-order valence-corrected chi connectivity index (χ4v) is 5.74. The summed E-state index contributed by atoms with van der Waals surface area (Å²) in [6.45, 7) is 5.29. The van der Waals surface area contributed by atoms with E-state index >= 15 is 0 Å². The van der Waals surface area contributed by atoms with Crippen molar-refractivity contribution in [3.8, 4) is 0 Å². The van der Waals surface area contributed by atoms with Crippen LogP contribution in [0.2, 0.25) is 0 Å². The molecule has 8 N–H and O–H groups in total. The van der Waals surface area contributed by atoms with Crippen LogP contribution < -0.4 is 27.0 Å². The van der Waals surface area contributed by atoms with Gasteiger partial charge in [-0.05, 0) is 30.7 Å². The molecule has 1 aromatic carbocycles. The molecule has 0 spiro atoms. The van der Waals surface area contributed by atoms with E-state index in [1.807, 2.05) is 6.07 Å². The number of amides is 5. The molecule has 324 valence electrons. The molecule has 4 unspecified atom stereocenters. The first kappa shape index (κ1) is 50.5. The van der Waals surface area contributed by atoms with Crippen LogP contribution in [0.25, 0.3) is 0 Å². The number of unbranched alkanes of at least 4 members (excludes halogenated alkanes) is 8.